The molecule has 1 aromatic heterocycles. The fraction of sp³-hybridized carbons (Fsp3) is 0.385. The van der Waals surface area contributed by atoms with Crippen molar-refractivity contribution in [2.75, 3.05) is 13.1 Å². The van der Waals surface area contributed by atoms with Gasteiger partial charge in [0.1, 0.15) is 0 Å². The third-order valence-electron chi connectivity index (χ3n) is 3.20. The molecular formula is C13H15NOS. The zero-order valence-electron chi connectivity index (χ0n) is 9.10. The third kappa shape index (κ3) is 1.86. The van der Waals surface area contributed by atoms with E-state index in [9.17, 15) is 5.11 Å². The Kier molecular flexibility index (Phi) is 2.67. The molecule has 84 valence electrons. The van der Waals surface area contributed by atoms with Crippen LogP contribution in [0.15, 0.2) is 29.6 Å². The van der Waals surface area contributed by atoms with Crippen molar-refractivity contribution in [2.24, 2.45) is 0 Å². The van der Waals surface area contributed by atoms with E-state index in [1.54, 1.807) is 0 Å². The van der Waals surface area contributed by atoms with Gasteiger partial charge in [-0.25, -0.2) is 0 Å². The SMILES string of the molecule is O[C@H]1CCN(Cc2csc3ccccc23)C1. The molecule has 0 radical (unpaired) electrons. The molecule has 0 bridgehead atoms. The molecule has 0 aliphatic carbocycles. The number of nitrogens with zero attached hydrogens (tertiary/aromatic N) is 1. The van der Waals surface area contributed by atoms with Gasteiger partial charge in [0, 0.05) is 24.3 Å². The molecule has 1 saturated heterocycles. The Bertz CT molecular complexity index is 493. The summed E-state index contributed by atoms with van der Waals surface area (Å²) >= 11 is 1.81. The maximum atomic E-state index is 9.50. The average Bonchev–Trinajstić information content (AvgIpc) is 2.87. The predicted molar refractivity (Wildman–Crippen MR) is 67.7 cm³/mol. The number of aliphatic hydroxyl groups is 1. The van der Waals surface area contributed by atoms with Crippen LogP contribution in [-0.4, -0.2) is 29.2 Å². The van der Waals surface area contributed by atoms with Gasteiger partial charge in [0.15, 0.2) is 0 Å². The van der Waals surface area contributed by atoms with Crippen molar-refractivity contribution < 1.29 is 5.11 Å². The normalized spacial score (nSPS) is 21.9. The van der Waals surface area contributed by atoms with Crippen molar-refractivity contribution in [1.29, 1.82) is 0 Å². The molecule has 0 unspecified atom stereocenters. The van der Waals surface area contributed by atoms with Crippen LogP contribution in [0.2, 0.25) is 0 Å². The summed E-state index contributed by atoms with van der Waals surface area (Å²) in [5, 5.41) is 13.1. The van der Waals surface area contributed by atoms with Crippen molar-refractivity contribution in [3.05, 3.63) is 35.2 Å². The third-order valence-corrected chi connectivity index (χ3v) is 4.21. The highest BCUT2D eigenvalue weighted by Gasteiger charge is 2.20. The first-order valence-corrected chi connectivity index (χ1v) is 6.56. The molecule has 1 aromatic carbocycles. The van der Waals surface area contributed by atoms with Gasteiger partial charge in [-0.05, 0) is 28.8 Å². The van der Waals surface area contributed by atoms with Gasteiger partial charge in [-0.15, -0.1) is 11.3 Å². The van der Waals surface area contributed by atoms with Gasteiger partial charge >= 0.3 is 0 Å². The van der Waals surface area contributed by atoms with Gasteiger partial charge in [-0.2, -0.15) is 0 Å². The number of β-amino-alcohol motifs (C(OH)–C–C–N with tert-alkyl or cyclic N) is 1. The van der Waals surface area contributed by atoms with Gasteiger partial charge in [0.05, 0.1) is 6.10 Å². The van der Waals surface area contributed by atoms with E-state index in [1.807, 2.05) is 11.3 Å². The van der Waals surface area contributed by atoms with E-state index >= 15 is 0 Å². The Morgan fingerprint density at radius 1 is 1.38 bits per heavy atom. The van der Waals surface area contributed by atoms with Gasteiger partial charge < -0.3 is 5.11 Å². The number of hydrogen-bond acceptors (Lipinski definition) is 3. The predicted octanol–water partition coefficient (Wildman–Crippen LogP) is 2.47. The van der Waals surface area contributed by atoms with E-state index in [0.717, 1.165) is 26.1 Å². The Morgan fingerprint density at radius 3 is 3.06 bits per heavy atom. The topological polar surface area (TPSA) is 23.5 Å². The lowest BCUT2D eigenvalue weighted by Gasteiger charge is -2.13. The summed E-state index contributed by atoms with van der Waals surface area (Å²) in [7, 11) is 0. The molecule has 2 heterocycles. The molecule has 3 rings (SSSR count). The first-order valence-electron chi connectivity index (χ1n) is 5.68. The Morgan fingerprint density at radius 2 is 2.25 bits per heavy atom. The number of fused-ring (bicyclic) bond motifs is 1. The second-order valence-corrected chi connectivity index (χ2v) is 5.35. The molecule has 0 amide bonds. The van der Waals surface area contributed by atoms with E-state index in [1.165, 1.54) is 15.6 Å². The highest BCUT2D eigenvalue weighted by Crippen LogP contribution is 2.27. The number of likely N-dealkylation sites (tertiary alicyclic amines) is 1. The van der Waals surface area contributed by atoms with Crippen LogP contribution in [0.4, 0.5) is 0 Å². The van der Waals surface area contributed by atoms with E-state index in [0.29, 0.717) is 0 Å². The summed E-state index contributed by atoms with van der Waals surface area (Å²) in [5.74, 6) is 0. The second kappa shape index (κ2) is 4.17. The molecule has 1 N–H and O–H groups in total. The number of thiophene rings is 1. The second-order valence-electron chi connectivity index (χ2n) is 4.43. The van der Waals surface area contributed by atoms with Gasteiger partial charge in [0.2, 0.25) is 0 Å². The molecule has 2 nitrogen and oxygen atoms in total. The maximum absolute atomic E-state index is 9.50. The van der Waals surface area contributed by atoms with Crippen LogP contribution in [0.1, 0.15) is 12.0 Å². The molecule has 16 heavy (non-hydrogen) atoms. The minimum absolute atomic E-state index is 0.120. The minimum atomic E-state index is -0.120. The fourth-order valence-corrected chi connectivity index (χ4v) is 3.31. The van der Waals surface area contributed by atoms with E-state index < -0.39 is 0 Å². The van der Waals surface area contributed by atoms with Crippen LogP contribution in [0.25, 0.3) is 10.1 Å². The number of aliphatic hydroxyl groups excluding tert-OH is 1. The Labute approximate surface area is 99.1 Å². The minimum Gasteiger partial charge on any atom is -0.392 e. The lowest BCUT2D eigenvalue weighted by molar-refractivity contribution is 0.175. The summed E-state index contributed by atoms with van der Waals surface area (Å²) in [5.41, 5.74) is 1.40. The molecule has 1 aliphatic rings. The number of benzene rings is 1. The van der Waals surface area contributed by atoms with Crippen LogP contribution in [0, 0.1) is 0 Å². The van der Waals surface area contributed by atoms with Crippen molar-refractivity contribution >= 4 is 21.4 Å². The largest absolute Gasteiger partial charge is 0.392 e. The maximum Gasteiger partial charge on any atom is 0.0679 e. The van der Waals surface area contributed by atoms with Gasteiger partial charge in [-0.1, -0.05) is 18.2 Å². The summed E-state index contributed by atoms with van der Waals surface area (Å²) < 4.78 is 1.36. The highest BCUT2D eigenvalue weighted by molar-refractivity contribution is 7.17. The molecule has 0 saturated carbocycles. The molecule has 0 spiro atoms. The number of hydrogen-bond donors (Lipinski definition) is 1. The molecule has 1 atom stereocenters. The van der Waals surface area contributed by atoms with E-state index in [4.69, 9.17) is 0 Å². The molecule has 2 aromatic rings. The standard InChI is InChI=1S/C13H15NOS/c15-11-5-6-14(8-11)7-10-9-16-13-4-2-1-3-12(10)13/h1-4,9,11,15H,5-8H2/t11-/m0/s1. The average molecular weight is 233 g/mol. The summed E-state index contributed by atoms with van der Waals surface area (Å²) in [6.45, 7) is 2.82. The Hall–Kier alpha value is -0.900. The summed E-state index contributed by atoms with van der Waals surface area (Å²) in [4.78, 5) is 2.33. The summed E-state index contributed by atoms with van der Waals surface area (Å²) in [6.07, 6.45) is 0.798. The van der Waals surface area contributed by atoms with E-state index in [-0.39, 0.29) is 6.10 Å². The van der Waals surface area contributed by atoms with Crippen LogP contribution < -0.4 is 0 Å². The Balaban J connectivity index is 1.84. The van der Waals surface area contributed by atoms with Crippen LogP contribution in [-0.2, 0) is 6.54 Å². The zero-order chi connectivity index (χ0) is 11.0. The molecule has 3 heteroatoms. The molecule has 1 fully saturated rings. The van der Waals surface area contributed by atoms with Crippen molar-refractivity contribution in [3.8, 4) is 0 Å². The first-order chi connectivity index (χ1) is 7.83. The van der Waals surface area contributed by atoms with Crippen LogP contribution in [0.5, 0.6) is 0 Å². The highest BCUT2D eigenvalue weighted by atomic mass is 32.1. The molecule has 1 aliphatic heterocycles. The smallest absolute Gasteiger partial charge is 0.0679 e. The quantitative estimate of drug-likeness (QED) is 0.861. The number of rotatable bonds is 2. The van der Waals surface area contributed by atoms with Crippen molar-refractivity contribution in [1.82, 2.24) is 4.90 Å². The van der Waals surface area contributed by atoms with Crippen LogP contribution >= 0.6 is 11.3 Å². The monoisotopic (exact) mass is 233 g/mol. The lowest BCUT2D eigenvalue weighted by atomic mass is 10.2. The fourth-order valence-electron chi connectivity index (χ4n) is 2.35. The first kappa shape index (κ1) is 10.3. The van der Waals surface area contributed by atoms with Gasteiger partial charge in [-0.3, -0.25) is 4.90 Å². The molecular weight excluding hydrogens is 218 g/mol. The lowest BCUT2D eigenvalue weighted by Crippen LogP contribution is -2.21. The van der Waals surface area contributed by atoms with Crippen LogP contribution in [0.3, 0.4) is 0 Å². The van der Waals surface area contributed by atoms with Crippen molar-refractivity contribution in [3.63, 3.8) is 0 Å². The summed E-state index contributed by atoms with van der Waals surface area (Å²) in [6, 6.07) is 8.54. The van der Waals surface area contributed by atoms with E-state index in [2.05, 4.69) is 34.5 Å². The zero-order valence-corrected chi connectivity index (χ0v) is 9.91. The van der Waals surface area contributed by atoms with Crippen molar-refractivity contribution in [2.45, 2.75) is 19.1 Å². The van der Waals surface area contributed by atoms with Gasteiger partial charge in [0.25, 0.3) is 0 Å².